The highest BCUT2D eigenvalue weighted by atomic mass is 35.5. The van der Waals surface area contributed by atoms with Crippen LogP contribution in [0.15, 0.2) is 47.6 Å². The van der Waals surface area contributed by atoms with Gasteiger partial charge < -0.3 is 9.88 Å². The van der Waals surface area contributed by atoms with Crippen LogP contribution in [0.2, 0.25) is 5.02 Å². The van der Waals surface area contributed by atoms with Crippen LogP contribution in [0.1, 0.15) is 0 Å². The van der Waals surface area contributed by atoms with E-state index in [0.717, 1.165) is 17.8 Å². The molecular weight excluding hydrogens is 382 g/mol. The fourth-order valence-electron chi connectivity index (χ4n) is 2.22. The molecule has 1 amide bonds. The lowest BCUT2D eigenvalue weighted by molar-refractivity contribution is -0.113. The summed E-state index contributed by atoms with van der Waals surface area (Å²) in [7, 11) is 1.69. The normalized spacial score (nSPS) is 10.8. The number of nitrogens with one attached hydrogen (secondary N) is 1. The molecule has 1 aromatic heterocycles. The second-order valence-electron chi connectivity index (χ2n) is 5.31. The smallest absolute Gasteiger partial charge is 0.234 e. The topological polar surface area (TPSA) is 59.8 Å². The maximum Gasteiger partial charge on any atom is 0.234 e. The van der Waals surface area contributed by atoms with Crippen LogP contribution < -0.4 is 5.32 Å². The summed E-state index contributed by atoms with van der Waals surface area (Å²) in [5.41, 5.74) is 0.653. The molecule has 134 valence electrons. The molecule has 9 heteroatoms. The van der Waals surface area contributed by atoms with Crippen LogP contribution in [-0.4, -0.2) is 26.4 Å². The van der Waals surface area contributed by atoms with Gasteiger partial charge in [-0.3, -0.25) is 4.79 Å². The summed E-state index contributed by atoms with van der Waals surface area (Å²) in [4.78, 5) is 12.1. The first-order chi connectivity index (χ1) is 12.5. The fraction of sp³-hybridized carbons (Fsp3) is 0.118. The van der Waals surface area contributed by atoms with Crippen molar-refractivity contribution in [3.63, 3.8) is 0 Å². The summed E-state index contributed by atoms with van der Waals surface area (Å²) in [5, 5.41) is 11.2. The van der Waals surface area contributed by atoms with Crippen molar-refractivity contribution in [1.82, 2.24) is 14.8 Å². The number of nitrogens with zero attached hydrogens (tertiary/aromatic N) is 3. The average molecular weight is 395 g/mol. The van der Waals surface area contributed by atoms with Gasteiger partial charge in [-0.05, 0) is 30.3 Å². The zero-order valence-electron chi connectivity index (χ0n) is 13.5. The summed E-state index contributed by atoms with van der Waals surface area (Å²) in [6.07, 6.45) is 0. The molecule has 3 rings (SSSR count). The van der Waals surface area contributed by atoms with Gasteiger partial charge in [0.1, 0.15) is 11.6 Å². The number of carbonyl (C=O) groups excluding carboxylic acids is 1. The van der Waals surface area contributed by atoms with E-state index in [1.165, 1.54) is 18.2 Å². The van der Waals surface area contributed by atoms with Crippen molar-refractivity contribution in [2.24, 2.45) is 7.05 Å². The molecule has 0 atom stereocenters. The minimum atomic E-state index is -0.484. The zero-order valence-corrected chi connectivity index (χ0v) is 15.1. The Morgan fingerprint density at radius 3 is 2.73 bits per heavy atom. The molecule has 0 radical (unpaired) electrons. The molecule has 0 spiro atoms. The van der Waals surface area contributed by atoms with Crippen LogP contribution in [0.5, 0.6) is 0 Å². The molecule has 3 aromatic rings. The first-order valence-electron chi connectivity index (χ1n) is 7.47. The van der Waals surface area contributed by atoms with E-state index in [0.29, 0.717) is 22.2 Å². The number of aromatic nitrogens is 3. The summed E-state index contributed by atoms with van der Waals surface area (Å²) >= 11 is 7.02. The van der Waals surface area contributed by atoms with Gasteiger partial charge in [-0.2, -0.15) is 0 Å². The largest absolute Gasteiger partial charge is 0.324 e. The Bertz CT molecular complexity index is 964. The second-order valence-corrected chi connectivity index (χ2v) is 6.66. The van der Waals surface area contributed by atoms with Gasteiger partial charge in [0.2, 0.25) is 5.91 Å². The minimum Gasteiger partial charge on any atom is -0.324 e. The van der Waals surface area contributed by atoms with Gasteiger partial charge >= 0.3 is 0 Å². The van der Waals surface area contributed by atoms with E-state index in [1.54, 1.807) is 29.8 Å². The van der Waals surface area contributed by atoms with Gasteiger partial charge in [-0.1, -0.05) is 35.5 Å². The number of anilines is 1. The first kappa shape index (κ1) is 18.3. The number of benzene rings is 2. The van der Waals surface area contributed by atoms with Crippen molar-refractivity contribution in [2.45, 2.75) is 5.16 Å². The number of halogens is 3. The highest BCUT2D eigenvalue weighted by molar-refractivity contribution is 7.99. The molecule has 0 bridgehead atoms. The van der Waals surface area contributed by atoms with Crippen LogP contribution in [-0.2, 0) is 11.8 Å². The minimum absolute atomic E-state index is 0.0386. The highest BCUT2D eigenvalue weighted by Gasteiger charge is 2.16. The van der Waals surface area contributed by atoms with E-state index in [4.69, 9.17) is 11.6 Å². The van der Waals surface area contributed by atoms with Crippen LogP contribution in [0.25, 0.3) is 11.4 Å². The van der Waals surface area contributed by atoms with Crippen molar-refractivity contribution in [1.29, 1.82) is 0 Å². The molecule has 1 heterocycles. The number of hydrogen-bond donors (Lipinski definition) is 1. The summed E-state index contributed by atoms with van der Waals surface area (Å²) in [5.74, 6) is -0.811. The molecule has 0 aliphatic carbocycles. The van der Waals surface area contributed by atoms with E-state index >= 15 is 0 Å². The maximum absolute atomic E-state index is 13.9. The van der Waals surface area contributed by atoms with Gasteiger partial charge in [0.25, 0.3) is 0 Å². The molecule has 0 fully saturated rings. The number of hydrogen-bond acceptors (Lipinski definition) is 4. The Balaban J connectivity index is 1.67. The van der Waals surface area contributed by atoms with Gasteiger partial charge in [-0.25, -0.2) is 8.78 Å². The zero-order chi connectivity index (χ0) is 18.7. The molecule has 0 aliphatic heterocycles. The maximum atomic E-state index is 13.9. The van der Waals surface area contributed by atoms with E-state index < -0.39 is 11.6 Å². The van der Waals surface area contributed by atoms with E-state index in [9.17, 15) is 13.6 Å². The van der Waals surface area contributed by atoms with Crippen molar-refractivity contribution < 1.29 is 13.6 Å². The van der Waals surface area contributed by atoms with Gasteiger partial charge in [-0.15, -0.1) is 10.2 Å². The molecule has 2 aromatic carbocycles. The predicted octanol–water partition coefficient (Wildman–Crippen LogP) is 4.14. The number of carbonyl (C=O) groups is 1. The Morgan fingerprint density at radius 2 is 2.00 bits per heavy atom. The number of amides is 1. The first-order valence-corrected chi connectivity index (χ1v) is 8.84. The average Bonchev–Trinajstić information content (AvgIpc) is 2.97. The van der Waals surface area contributed by atoms with E-state index in [2.05, 4.69) is 15.5 Å². The quantitative estimate of drug-likeness (QED) is 0.660. The van der Waals surface area contributed by atoms with Crippen molar-refractivity contribution >= 4 is 35.0 Å². The molecule has 0 aliphatic rings. The fourth-order valence-corrected chi connectivity index (χ4v) is 3.15. The van der Waals surface area contributed by atoms with Crippen LogP contribution in [0.4, 0.5) is 14.5 Å². The third kappa shape index (κ3) is 4.03. The molecule has 1 N–H and O–H groups in total. The van der Waals surface area contributed by atoms with Gasteiger partial charge in [0.15, 0.2) is 11.0 Å². The summed E-state index contributed by atoms with van der Waals surface area (Å²) in [6.45, 7) is 0. The third-order valence-corrected chi connectivity index (χ3v) is 4.82. The van der Waals surface area contributed by atoms with Crippen molar-refractivity contribution in [3.8, 4) is 11.4 Å². The molecule has 26 heavy (non-hydrogen) atoms. The monoisotopic (exact) mass is 394 g/mol. The Morgan fingerprint density at radius 1 is 1.23 bits per heavy atom. The van der Waals surface area contributed by atoms with Crippen molar-refractivity contribution in [2.75, 3.05) is 11.1 Å². The second kappa shape index (κ2) is 7.84. The third-order valence-electron chi connectivity index (χ3n) is 3.49. The Labute approximate surface area is 157 Å². The predicted molar refractivity (Wildman–Crippen MR) is 97.2 cm³/mol. The summed E-state index contributed by atoms with van der Waals surface area (Å²) in [6, 6.07) is 9.97. The van der Waals surface area contributed by atoms with Crippen LogP contribution in [0, 0.1) is 11.6 Å². The van der Waals surface area contributed by atoms with Crippen molar-refractivity contribution in [3.05, 3.63) is 59.1 Å². The van der Waals surface area contributed by atoms with Crippen LogP contribution >= 0.6 is 23.4 Å². The van der Waals surface area contributed by atoms with Gasteiger partial charge in [0.05, 0.1) is 22.0 Å². The number of rotatable bonds is 5. The van der Waals surface area contributed by atoms with Gasteiger partial charge in [0, 0.05) is 7.05 Å². The molecular formula is C17H13ClF2N4OS. The highest BCUT2D eigenvalue weighted by Crippen LogP contribution is 2.26. The Hall–Kier alpha value is -2.45. The lowest BCUT2D eigenvalue weighted by Crippen LogP contribution is -2.14. The van der Waals surface area contributed by atoms with E-state index in [-0.39, 0.29) is 16.7 Å². The lowest BCUT2D eigenvalue weighted by Gasteiger charge is -2.07. The molecule has 0 saturated carbocycles. The summed E-state index contributed by atoms with van der Waals surface area (Å²) < 4.78 is 28.5. The standard InChI is InChI=1S/C17H13ClF2N4OS/c1-24-16(11-4-2-3-5-13(11)20)22-23-17(24)26-9-15(25)21-14-7-6-10(19)8-12(14)18/h2-8H,9H2,1H3,(H,21,25). The van der Waals surface area contributed by atoms with Crippen LogP contribution in [0.3, 0.4) is 0 Å². The number of thioether (sulfide) groups is 1. The lowest BCUT2D eigenvalue weighted by atomic mass is 10.2. The molecule has 0 saturated heterocycles. The van der Waals surface area contributed by atoms with E-state index in [1.807, 2.05) is 0 Å². The Kier molecular flexibility index (Phi) is 5.53. The molecule has 0 unspecified atom stereocenters. The molecule has 5 nitrogen and oxygen atoms in total. The SMILES string of the molecule is Cn1c(SCC(=O)Nc2ccc(F)cc2Cl)nnc1-c1ccccc1F.